The average Bonchev–Trinajstić information content (AvgIpc) is 2.36. The van der Waals surface area contributed by atoms with E-state index in [0.717, 1.165) is 21.4 Å². The lowest BCUT2D eigenvalue weighted by atomic mass is 10.0. The minimum atomic E-state index is -0.892. The van der Waals surface area contributed by atoms with Gasteiger partial charge in [0.1, 0.15) is 0 Å². The number of rotatable bonds is 3. The second kappa shape index (κ2) is 5.19. The van der Waals surface area contributed by atoms with Crippen LogP contribution < -0.4 is 0 Å². The molecule has 0 aromatic heterocycles. The molecular formula is C13H10Br2O2. The zero-order chi connectivity index (χ0) is 12.4. The predicted molar refractivity (Wildman–Crippen MR) is 76.2 cm³/mol. The smallest absolute Gasteiger partial charge is 0.335 e. The Morgan fingerprint density at radius 3 is 2.12 bits per heavy atom. The Labute approximate surface area is 116 Å². The lowest BCUT2D eigenvalue weighted by Crippen LogP contribution is -1.96. The molecule has 0 spiro atoms. The molecule has 0 fully saturated rings. The lowest BCUT2D eigenvalue weighted by Gasteiger charge is -2.07. The van der Waals surface area contributed by atoms with E-state index in [0.29, 0.717) is 5.56 Å². The molecule has 0 aliphatic rings. The van der Waals surface area contributed by atoms with Gasteiger partial charge in [0.2, 0.25) is 0 Å². The van der Waals surface area contributed by atoms with E-state index in [-0.39, 0.29) is 0 Å². The van der Waals surface area contributed by atoms with Gasteiger partial charge < -0.3 is 5.11 Å². The Bertz CT molecular complexity index is 579. The van der Waals surface area contributed by atoms with Crippen molar-refractivity contribution in [3.8, 4) is 0 Å². The third kappa shape index (κ3) is 2.53. The highest BCUT2D eigenvalue weighted by Crippen LogP contribution is 2.24. The van der Waals surface area contributed by atoms with Gasteiger partial charge in [0.05, 0.1) is 5.56 Å². The Kier molecular flexibility index (Phi) is 3.84. The van der Waals surface area contributed by atoms with Crippen LogP contribution >= 0.6 is 31.9 Å². The molecule has 0 amide bonds. The Morgan fingerprint density at radius 2 is 1.59 bits per heavy atom. The summed E-state index contributed by atoms with van der Waals surface area (Å²) >= 11 is 6.90. The quantitative estimate of drug-likeness (QED) is 0.830. The standard InChI is InChI=1S/C13H10Br2O2/c14-6-11-3-8-1-2-9(13(16)17)4-10(8)5-12(11)7-15/h1-5H,6-7H2,(H,16,17). The lowest BCUT2D eigenvalue weighted by molar-refractivity contribution is 0.0697. The monoisotopic (exact) mass is 356 g/mol. The summed E-state index contributed by atoms with van der Waals surface area (Å²) in [6.45, 7) is 0. The molecule has 0 heterocycles. The van der Waals surface area contributed by atoms with Crippen LogP contribution in [0.1, 0.15) is 21.5 Å². The summed E-state index contributed by atoms with van der Waals surface area (Å²) in [5.74, 6) is -0.892. The molecule has 0 aliphatic carbocycles. The minimum Gasteiger partial charge on any atom is -0.478 e. The predicted octanol–water partition coefficient (Wildman–Crippen LogP) is 4.33. The number of carboxylic acid groups (broad SMARTS) is 1. The molecule has 0 saturated carbocycles. The number of hydrogen-bond acceptors (Lipinski definition) is 1. The first-order valence-electron chi connectivity index (χ1n) is 5.06. The van der Waals surface area contributed by atoms with Gasteiger partial charge in [0.25, 0.3) is 0 Å². The van der Waals surface area contributed by atoms with Gasteiger partial charge >= 0.3 is 5.97 Å². The number of halogens is 2. The summed E-state index contributed by atoms with van der Waals surface area (Å²) in [4.78, 5) is 10.9. The second-order valence-electron chi connectivity index (χ2n) is 3.76. The van der Waals surface area contributed by atoms with Crippen molar-refractivity contribution in [2.45, 2.75) is 10.7 Å². The summed E-state index contributed by atoms with van der Waals surface area (Å²) in [7, 11) is 0. The highest BCUT2D eigenvalue weighted by Gasteiger charge is 2.07. The molecule has 0 bridgehead atoms. The van der Waals surface area contributed by atoms with Crippen molar-refractivity contribution in [2.75, 3.05) is 0 Å². The number of carboxylic acids is 1. The molecule has 0 atom stereocenters. The fraction of sp³-hybridized carbons (Fsp3) is 0.154. The zero-order valence-corrected chi connectivity index (χ0v) is 12.1. The van der Waals surface area contributed by atoms with Gasteiger partial charge in [-0.15, -0.1) is 0 Å². The van der Waals surface area contributed by atoms with Gasteiger partial charge in [-0.2, -0.15) is 0 Å². The fourth-order valence-electron chi connectivity index (χ4n) is 1.77. The van der Waals surface area contributed by atoms with Gasteiger partial charge in [0, 0.05) is 10.7 Å². The second-order valence-corrected chi connectivity index (χ2v) is 4.88. The van der Waals surface area contributed by atoms with E-state index in [1.54, 1.807) is 12.1 Å². The number of benzene rings is 2. The van der Waals surface area contributed by atoms with Crippen LogP contribution in [0.2, 0.25) is 0 Å². The van der Waals surface area contributed by atoms with Crippen LogP contribution in [0.3, 0.4) is 0 Å². The van der Waals surface area contributed by atoms with Crippen LogP contribution in [0.4, 0.5) is 0 Å². The molecule has 2 nitrogen and oxygen atoms in total. The van der Waals surface area contributed by atoms with Gasteiger partial charge in [-0.25, -0.2) is 4.79 Å². The van der Waals surface area contributed by atoms with Gasteiger partial charge in [-0.3, -0.25) is 0 Å². The Balaban J connectivity index is 2.66. The maximum Gasteiger partial charge on any atom is 0.335 e. The third-order valence-corrected chi connectivity index (χ3v) is 3.90. The van der Waals surface area contributed by atoms with Crippen LogP contribution in [-0.2, 0) is 10.7 Å². The number of alkyl halides is 2. The largest absolute Gasteiger partial charge is 0.478 e. The zero-order valence-electron chi connectivity index (χ0n) is 8.91. The summed E-state index contributed by atoms with van der Waals surface area (Å²) in [5.41, 5.74) is 2.72. The first-order valence-corrected chi connectivity index (χ1v) is 7.31. The van der Waals surface area contributed by atoms with E-state index in [1.807, 2.05) is 12.1 Å². The Hall–Kier alpha value is -0.870. The van der Waals surface area contributed by atoms with E-state index in [1.165, 1.54) is 11.1 Å². The van der Waals surface area contributed by atoms with Crippen molar-refractivity contribution >= 4 is 48.6 Å². The molecule has 2 rings (SSSR count). The Morgan fingerprint density at radius 1 is 1.00 bits per heavy atom. The molecule has 0 saturated heterocycles. The third-order valence-electron chi connectivity index (χ3n) is 2.69. The van der Waals surface area contributed by atoms with Crippen molar-refractivity contribution in [1.82, 2.24) is 0 Å². The molecule has 2 aromatic carbocycles. The maximum absolute atomic E-state index is 10.9. The van der Waals surface area contributed by atoms with Crippen molar-refractivity contribution in [3.05, 3.63) is 47.0 Å². The first kappa shape index (κ1) is 12.6. The minimum absolute atomic E-state index is 0.324. The molecule has 17 heavy (non-hydrogen) atoms. The number of hydrogen-bond donors (Lipinski definition) is 1. The molecular weight excluding hydrogens is 348 g/mol. The summed E-state index contributed by atoms with van der Waals surface area (Å²) in [6.07, 6.45) is 0. The topological polar surface area (TPSA) is 37.3 Å². The first-order chi connectivity index (χ1) is 8.15. The fourth-order valence-corrected chi connectivity index (χ4v) is 2.82. The maximum atomic E-state index is 10.9. The van der Waals surface area contributed by atoms with Crippen LogP contribution in [0.5, 0.6) is 0 Å². The summed E-state index contributed by atoms with van der Waals surface area (Å²) in [6, 6.07) is 9.32. The van der Waals surface area contributed by atoms with Crippen LogP contribution in [0.25, 0.3) is 10.8 Å². The van der Waals surface area contributed by atoms with Gasteiger partial charge in [-0.05, 0) is 40.1 Å². The van der Waals surface area contributed by atoms with E-state index in [4.69, 9.17) is 5.11 Å². The highest BCUT2D eigenvalue weighted by molar-refractivity contribution is 9.09. The number of fused-ring (bicyclic) bond motifs is 1. The van der Waals surface area contributed by atoms with Crippen LogP contribution in [0, 0.1) is 0 Å². The van der Waals surface area contributed by atoms with Gasteiger partial charge in [-0.1, -0.05) is 44.0 Å². The van der Waals surface area contributed by atoms with E-state index in [9.17, 15) is 4.79 Å². The molecule has 2 aromatic rings. The van der Waals surface area contributed by atoms with Gasteiger partial charge in [0.15, 0.2) is 0 Å². The molecule has 88 valence electrons. The molecule has 0 aliphatic heterocycles. The molecule has 4 heteroatoms. The molecule has 1 N–H and O–H groups in total. The van der Waals surface area contributed by atoms with Crippen LogP contribution in [-0.4, -0.2) is 11.1 Å². The summed E-state index contributed by atoms with van der Waals surface area (Å²) < 4.78 is 0. The van der Waals surface area contributed by atoms with Crippen LogP contribution in [0.15, 0.2) is 30.3 Å². The highest BCUT2D eigenvalue weighted by atomic mass is 79.9. The average molecular weight is 358 g/mol. The molecule has 0 radical (unpaired) electrons. The van der Waals surface area contributed by atoms with E-state index in [2.05, 4.69) is 37.9 Å². The number of carbonyl (C=O) groups is 1. The SMILES string of the molecule is O=C(O)c1ccc2cc(CBr)c(CBr)cc2c1. The van der Waals surface area contributed by atoms with E-state index < -0.39 is 5.97 Å². The van der Waals surface area contributed by atoms with Crippen molar-refractivity contribution in [3.63, 3.8) is 0 Å². The van der Waals surface area contributed by atoms with E-state index >= 15 is 0 Å². The summed E-state index contributed by atoms with van der Waals surface area (Å²) in [5, 5.41) is 12.5. The number of aromatic carboxylic acids is 1. The normalized spacial score (nSPS) is 10.7. The van der Waals surface area contributed by atoms with Crippen molar-refractivity contribution in [2.24, 2.45) is 0 Å². The van der Waals surface area contributed by atoms with Crippen molar-refractivity contribution < 1.29 is 9.90 Å². The molecule has 0 unspecified atom stereocenters. The van der Waals surface area contributed by atoms with Crippen molar-refractivity contribution in [1.29, 1.82) is 0 Å².